The molecule has 0 spiro atoms. The summed E-state index contributed by atoms with van der Waals surface area (Å²) in [4.78, 5) is 20.2. The van der Waals surface area contributed by atoms with Crippen LogP contribution in [-0.2, 0) is 11.3 Å². The largest absolute Gasteiger partial charge is 0.353 e. The summed E-state index contributed by atoms with van der Waals surface area (Å²) >= 11 is 0. The zero-order chi connectivity index (χ0) is 7.40. The van der Waals surface area contributed by atoms with Gasteiger partial charge in [0.05, 0.1) is 12.2 Å². The van der Waals surface area contributed by atoms with Crippen molar-refractivity contribution in [3.05, 3.63) is 22.1 Å². The second-order valence-electron chi connectivity index (χ2n) is 1.78. The van der Waals surface area contributed by atoms with Crippen molar-refractivity contribution in [3.8, 4) is 0 Å². The number of amides is 1. The van der Waals surface area contributed by atoms with Gasteiger partial charge in [0.15, 0.2) is 0 Å². The van der Waals surface area contributed by atoms with Crippen molar-refractivity contribution in [1.29, 1.82) is 0 Å². The van der Waals surface area contributed by atoms with E-state index in [4.69, 9.17) is 0 Å². The van der Waals surface area contributed by atoms with Crippen LogP contribution in [0.1, 0.15) is 5.69 Å². The highest BCUT2D eigenvalue weighted by Gasteiger charge is 1.92. The second-order valence-corrected chi connectivity index (χ2v) is 1.78. The molecule has 5 nitrogen and oxygen atoms in total. The lowest BCUT2D eigenvalue weighted by molar-refractivity contribution is -0.109. The molecule has 54 valence electrons. The first-order valence-corrected chi connectivity index (χ1v) is 2.76. The summed E-state index contributed by atoms with van der Waals surface area (Å²) in [7, 11) is 0. The normalized spacial score (nSPS) is 9.20. The van der Waals surface area contributed by atoms with Gasteiger partial charge in [-0.2, -0.15) is 0 Å². The molecule has 1 heterocycles. The average molecular weight is 141 g/mol. The van der Waals surface area contributed by atoms with E-state index in [2.05, 4.69) is 15.5 Å². The molecule has 3 N–H and O–H groups in total. The van der Waals surface area contributed by atoms with Gasteiger partial charge in [0.1, 0.15) is 0 Å². The lowest BCUT2D eigenvalue weighted by Gasteiger charge is -1.90. The predicted octanol–water partition coefficient (Wildman–Crippen LogP) is -1.05. The molecule has 0 fully saturated rings. The molecule has 1 rings (SSSR count). The standard InChI is InChI=1S/C5H7N3O2/c9-3-6-2-4-1-5(10)8-7-4/h1,3H,2H2,(H,6,9)(H2,7,8,10). The molecule has 0 aromatic carbocycles. The zero-order valence-corrected chi connectivity index (χ0v) is 5.18. The van der Waals surface area contributed by atoms with Gasteiger partial charge in [-0.3, -0.25) is 14.7 Å². The number of carbonyl (C=O) groups is 1. The van der Waals surface area contributed by atoms with Gasteiger partial charge in [-0.05, 0) is 0 Å². The Morgan fingerprint density at radius 3 is 2.90 bits per heavy atom. The fourth-order valence-corrected chi connectivity index (χ4v) is 0.619. The third kappa shape index (κ3) is 1.48. The van der Waals surface area contributed by atoms with Crippen molar-refractivity contribution < 1.29 is 4.79 Å². The molecule has 1 aromatic heterocycles. The SMILES string of the molecule is O=CNCc1cc(=O)[nH][nH]1. The van der Waals surface area contributed by atoms with Gasteiger partial charge in [0.2, 0.25) is 6.41 Å². The van der Waals surface area contributed by atoms with Crippen molar-refractivity contribution in [2.24, 2.45) is 0 Å². The number of hydrogen-bond acceptors (Lipinski definition) is 2. The number of nitrogens with one attached hydrogen (secondary N) is 3. The van der Waals surface area contributed by atoms with E-state index in [1.807, 2.05) is 0 Å². The predicted molar refractivity (Wildman–Crippen MR) is 34.3 cm³/mol. The van der Waals surface area contributed by atoms with Crippen LogP contribution in [-0.4, -0.2) is 16.6 Å². The van der Waals surface area contributed by atoms with Gasteiger partial charge < -0.3 is 10.4 Å². The molecule has 0 saturated heterocycles. The molecule has 0 atom stereocenters. The van der Waals surface area contributed by atoms with E-state index in [-0.39, 0.29) is 5.56 Å². The highest BCUT2D eigenvalue weighted by atomic mass is 16.1. The van der Waals surface area contributed by atoms with Crippen LogP contribution in [0.2, 0.25) is 0 Å². The maximum Gasteiger partial charge on any atom is 0.264 e. The first-order chi connectivity index (χ1) is 4.83. The lowest BCUT2D eigenvalue weighted by atomic mass is 10.4. The van der Waals surface area contributed by atoms with E-state index in [0.717, 1.165) is 0 Å². The highest BCUT2D eigenvalue weighted by molar-refractivity contribution is 5.45. The van der Waals surface area contributed by atoms with Crippen molar-refractivity contribution >= 4 is 6.41 Å². The van der Waals surface area contributed by atoms with Gasteiger partial charge >= 0.3 is 0 Å². The molecular weight excluding hydrogens is 134 g/mol. The van der Waals surface area contributed by atoms with Crippen LogP contribution in [0.3, 0.4) is 0 Å². The summed E-state index contributed by atoms with van der Waals surface area (Å²) in [5.41, 5.74) is 0.472. The minimum atomic E-state index is -0.192. The van der Waals surface area contributed by atoms with E-state index >= 15 is 0 Å². The summed E-state index contributed by atoms with van der Waals surface area (Å²) in [6, 6.07) is 1.39. The van der Waals surface area contributed by atoms with Crippen LogP contribution in [0.15, 0.2) is 10.9 Å². The van der Waals surface area contributed by atoms with Crippen molar-refractivity contribution in [1.82, 2.24) is 15.5 Å². The first-order valence-electron chi connectivity index (χ1n) is 2.76. The summed E-state index contributed by atoms with van der Waals surface area (Å²) in [5.74, 6) is 0. The number of aromatic amines is 2. The molecular formula is C5H7N3O2. The fraction of sp³-hybridized carbons (Fsp3) is 0.200. The molecule has 0 saturated carbocycles. The van der Waals surface area contributed by atoms with Gasteiger partial charge in [-0.25, -0.2) is 0 Å². The van der Waals surface area contributed by atoms with Gasteiger partial charge in [-0.1, -0.05) is 0 Å². The summed E-state index contributed by atoms with van der Waals surface area (Å²) in [6.07, 6.45) is 0.575. The van der Waals surface area contributed by atoms with Crippen LogP contribution < -0.4 is 10.9 Å². The minimum absolute atomic E-state index is 0.192. The summed E-state index contributed by atoms with van der Waals surface area (Å²) < 4.78 is 0. The topological polar surface area (TPSA) is 77.8 Å². The highest BCUT2D eigenvalue weighted by Crippen LogP contribution is 1.82. The third-order valence-corrected chi connectivity index (χ3v) is 1.03. The van der Waals surface area contributed by atoms with Crippen LogP contribution >= 0.6 is 0 Å². The van der Waals surface area contributed by atoms with E-state index in [1.165, 1.54) is 6.07 Å². The van der Waals surface area contributed by atoms with Gasteiger partial charge in [0, 0.05) is 6.07 Å². The number of rotatable bonds is 3. The molecule has 5 heteroatoms. The Kier molecular flexibility index (Phi) is 1.89. The summed E-state index contributed by atoms with van der Waals surface area (Å²) in [6.45, 7) is 0.349. The van der Waals surface area contributed by atoms with Crippen LogP contribution in [0.5, 0.6) is 0 Å². The quantitative estimate of drug-likeness (QED) is 0.469. The van der Waals surface area contributed by atoms with Crippen LogP contribution in [0.4, 0.5) is 0 Å². The van der Waals surface area contributed by atoms with Gasteiger partial charge in [0.25, 0.3) is 5.56 Å². The molecule has 0 aliphatic rings. The van der Waals surface area contributed by atoms with E-state index in [1.54, 1.807) is 0 Å². The Balaban J connectivity index is 2.58. The smallest absolute Gasteiger partial charge is 0.264 e. The number of carbonyl (C=O) groups excluding carboxylic acids is 1. The van der Waals surface area contributed by atoms with Crippen molar-refractivity contribution in [3.63, 3.8) is 0 Å². The molecule has 1 aromatic rings. The molecule has 0 bridgehead atoms. The second kappa shape index (κ2) is 2.86. The Morgan fingerprint density at radius 1 is 1.60 bits per heavy atom. The van der Waals surface area contributed by atoms with Crippen LogP contribution in [0, 0.1) is 0 Å². The van der Waals surface area contributed by atoms with Gasteiger partial charge in [-0.15, -0.1) is 0 Å². The molecule has 0 unspecified atom stereocenters. The fourth-order valence-electron chi connectivity index (χ4n) is 0.619. The lowest BCUT2D eigenvalue weighted by Crippen LogP contribution is -2.09. The maximum atomic E-state index is 10.5. The first kappa shape index (κ1) is 6.60. The third-order valence-electron chi connectivity index (χ3n) is 1.03. The number of hydrogen-bond donors (Lipinski definition) is 3. The van der Waals surface area contributed by atoms with E-state index in [9.17, 15) is 9.59 Å². The Labute approximate surface area is 56.4 Å². The average Bonchev–Trinajstić information content (AvgIpc) is 2.31. The van der Waals surface area contributed by atoms with Crippen molar-refractivity contribution in [2.75, 3.05) is 0 Å². The molecule has 10 heavy (non-hydrogen) atoms. The van der Waals surface area contributed by atoms with E-state index < -0.39 is 0 Å². The minimum Gasteiger partial charge on any atom is -0.353 e. The van der Waals surface area contributed by atoms with Crippen molar-refractivity contribution in [2.45, 2.75) is 6.54 Å². The van der Waals surface area contributed by atoms with E-state index in [0.29, 0.717) is 18.6 Å². The monoisotopic (exact) mass is 141 g/mol. The summed E-state index contributed by atoms with van der Waals surface area (Å²) in [5, 5.41) is 7.33. The maximum absolute atomic E-state index is 10.5. The molecule has 0 aliphatic carbocycles. The molecule has 0 radical (unpaired) electrons. The molecule has 0 aliphatic heterocycles. The Hall–Kier alpha value is -1.52. The Morgan fingerprint density at radius 2 is 2.40 bits per heavy atom. The van der Waals surface area contributed by atoms with Crippen LogP contribution in [0.25, 0.3) is 0 Å². The number of aromatic nitrogens is 2. The Bertz CT molecular complexity index is 262. The number of H-pyrrole nitrogens is 2. The zero-order valence-electron chi connectivity index (χ0n) is 5.18. The molecule has 1 amide bonds.